The monoisotopic (exact) mass is 631 g/mol. The van der Waals surface area contributed by atoms with Crippen molar-refractivity contribution in [2.24, 2.45) is 0 Å². The Kier molecular flexibility index (Phi) is 10.8. The molecule has 1 atom stereocenters. The van der Waals surface area contributed by atoms with Gasteiger partial charge in [0.15, 0.2) is 0 Å². The standard InChI is InChI=1S/C35H38ClN3O4S/c1-25(2)37-35(41)33(22-28-12-7-5-8-13-28)38(23-29-20-18-26(3)19-21-29)34(40)24-39(32-17-11-16-31(36)27(32)4)44(42,43)30-14-9-6-10-15-30/h5-21,25,33H,22-24H2,1-4H3,(H,37,41)/t33-/m1/s1. The van der Waals surface area contributed by atoms with Gasteiger partial charge in [-0.25, -0.2) is 8.42 Å². The van der Waals surface area contributed by atoms with Gasteiger partial charge in [-0.15, -0.1) is 0 Å². The minimum atomic E-state index is -4.20. The zero-order chi connectivity index (χ0) is 31.9. The number of carbonyl (C=O) groups excluding carboxylic acids is 2. The number of nitrogens with one attached hydrogen (secondary N) is 1. The van der Waals surface area contributed by atoms with E-state index in [1.54, 1.807) is 43.3 Å². The van der Waals surface area contributed by atoms with Crippen LogP contribution in [0.4, 0.5) is 5.69 Å². The number of benzene rings is 4. The molecule has 9 heteroatoms. The molecule has 4 aromatic rings. The molecule has 0 bridgehead atoms. The average Bonchev–Trinajstić information content (AvgIpc) is 3.00. The van der Waals surface area contributed by atoms with Gasteiger partial charge < -0.3 is 10.2 Å². The van der Waals surface area contributed by atoms with E-state index in [9.17, 15) is 18.0 Å². The second-order valence-corrected chi connectivity index (χ2v) is 13.4. The molecule has 0 aromatic heterocycles. The van der Waals surface area contributed by atoms with Crippen LogP contribution in [-0.4, -0.2) is 43.8 Å². The topological polar surface area (TPSA) is 86.8 Å². The third-order valence-corrected chi connectivity index (χ3v) is 9.48. The molecule has 4 rings (SSSR count). The molecular formula is C35H38ClN3O4S. The Morgan fingerprint density at radius 2 is 1.41 bits per heavy atom. The summed E-state index contributed by atoms with van der Waals surface area (Å²) in [7, 11) is -4.20. The number of hydrogen-bond donors (Lipinski definition) is 1. The second-order valence-electron chi connectivity index (χ2n) is 11.1. The van der Waals surface area contributed by atoms with Gasteiger partial charge in [0.05, 0.1) is 10.6 Å². The molecule has 0 heterocycles. The molecule has 1 N–H and O–H groups in total. The van der Waals surface area contributed by atoms with Crippen molar-refractivity contribution < 1.29 is 18.0 Å². The zero-order valence-corrected chi connectivity index (χ0v) is 27.0. The van der Waals surface area contributed by atoms with Gasteiger partial charge >= 0.3 is 0 Å². The predicted octanol–water partition coefficient (Wildman–Crippen LogP) is 6.32. The Morgan fingerprint density at radius 1 is 0.795 bits per heavy atom. The third-order valence-electron chi connectivity index (χ3n) is 7.29. The largest absolute Gasteiger partial charge is 0.352 e. The fourth-order valence-corrected chi connectivity index (χ4v) is 6.59. The van der Waals surface area contributed by atoms with E-state index in [2.05, 4.69) is 5.32 Å². The summed E-state index contributed by atoms with van der Waals surface area (Å²) in [6.07, 6.45) is 0.249. The molecule has 7 nitrogen and oxygen atoms in total. The first-order valence-electron chi connectivity index (χ1n) is 14.5. The number of hydrogen-bond acceptors (Lipinski definition) is 4. The summed E-state index contributed by atoms with van der Waals surface area (Å²) in [5.41, 5.74) is 3.55. The SMILES string of the molecule is Cc1ccc(CN(C(=O)CN(c2cccc(Cl)c2C)S(=O)(=O)c2ccccc2)[C@H](Cc2ccccc2)C(=O)NC(C)C)cc1. The number of nitrogens with zero attached hydrogens (tertiary/aromatic N) is 2. The molecule has 0 aliphatic heterocycles. The average molecular weight is 632 g/mol. The molecule has 0 saturated heterocycles. The van der Waals surface area contributed by atoms with Crippen LogP contribution in [0.3, 0.4) is 0 Å². The quantitative estimate of drug-likeness (QED) is 0.198. The van der Waals surface area contributed by atoms with Crippen molar-refractivity contribution in [2.45, 2.75) is 57.6 Å². The van der Waals surface area contributed by atoms with Crippen LogP contribution in [-0.2, 0) is 32.6 Å². The van der Waals surface area contributed by atoms with Crippen molar-refractivity contribution in [2.75, 3.05) is 10.8 Å². The first-order valence-corrected chi connectivity index (χ1v) is 16.3. The number of sulfonamides is 1. The number of halogens is 1. The highest BCUT2D eigenvalue weighted by molar-refractivity contribution is 7.92. The molecular weight excluding hydrogens is 594 g/mol. The van der Waals surface area contributed by atoms with Crippen LogP contribution in [0.5, 0.6) is 0 Å². The van der Waals surface area contributed by atoms with E-state index in [0.29, 0.717) is 10.6 Å². The molecule has 0 saturated carbocycles. The summed E-state index contributed by atoms with van der Waals surface area (Å²) in [5.74, 6) is -0.843. The number of rotatable bonds is 12. The van der Waals surface area contributed by atoms with E-state index < -0.39 is 28.5 Å². The van der Waals surface area contributed by atoms with Gasteiger partial charge in [0.1, 0.15) is 12.6 Å². The maximum atomic E-state index is 14.5. The van der Waals surface area contributed by atoms with Crippen LogP contribution in [0.25, 0.3) is 0 Å². The number of amides is 2. The Bertz CT molecular complexity index is 1680. The maximum absolute atomic E-state index is 14.5. The minimum Gasteiger partial charge on any atom is -0.352 e. The van der Waals surface area contributed by atoms with Crippen molar-refractivity contribution in [3.63, 3.8) is 0 Å². The van der Waals surface area contributed by atoms with E-state index in [1.165, 1.54) is 17.0 Å². The van der Waals surface area contributed by atoms with Gasteiger partial charge in [0.25, 0.3) is 10.0 Å². The summed E-state index contributed by atoms with van der Waals surface area (Å²) in [4.78, 5) is 29.8. The molecule has 230 valence electrons. The fraction of sp³-hybridized carbons (Fsp3) is 0.257. The van der Waals surface area contributed by atoms with E-state index in [0.717, 1.165) is 21.0 Å². The predicted molar refractivity (Wildman–Crippen MR) is 176 cm³/mol. The van der Waals surface area contributed by atoms with Crippen LogP contribution in [0.1, 0.15) is 36.1 Å². The van der Waals surface area contributed by atoms with Crippen molar-refractivity contribution in [3.8, 4) is 0 Å². The molecule has 0 radical (unpaired) electrons. The van der Waals surface area contributed by atoms with Crippen LogP contribution in [0.2, 0.25) is 5.02 Å². The lowest BCUT2D eigenvalue weighted by Gasteiger charge is -2.34. The Balaban J connectivity index is 1.82. The van der Waals surface area contributed by atoms with Crippen LogP contribution in [0, 0.1) is 13.8 Å². The first-order chi connectivity index (χ1) is 21.0. The van der Waals surface area contributed by atoms with Gasteiger partial charge in [-0.05, 0) is 68.7 Å². The van der Waals surface area contributed by atoms with Gasteiger partial charge in [0, 0.05) is 24.0 Å². The number of aryl methyl sites for hydroxylation is 1. The van der Waals surface area contributed by atoms with Gasteiger partial charge in [-0.1, -0.05) is 96.0 Å². The summed E-state index contributed by atoms with van der Waals surface area (Å²) in [6, 6.07) is 29.0. The number of anilines is 1. The molecule has 0 fully saturated rings. The third kappa shape index (κ3) is 8.07. The highest BCUT2D eigenvalue weighted by atomic mass is 35.5. The van der Waals surface area contributed by atoms with E-state index >= 15 is 0 Å². The lowest BCUT2D eigenvalue weighted by molar-refractivity contribution is -0.140. The molecule has 44 heavy (non-hydrogen) atoms. The van der Waals surface area contributed by atoms with Gasteiger partial charge in [-0.3, -0.25) is 13.9 Å². The lowest BCUT2D eigenvalue weighted by Crippen LogP contribution is -2.54. The van der Waals surface area contributed by atoms with Crippen molar-refractivity contribution >= 4 is 39.1 Å². The van der Waals surface area contributed by atoms with Gasteiger partial charge in [0.2, 0.25) is 11.8 Å². The highest BCUT2D eigenvalue weighted by Gasteiger charge is 2.35. The number of carbonyl (C=O) groups is 2. The van der Waals surface area contributed by atoms with Crippen LogP contribution in [0.15, 0.2) is 108 Å². The Morgan fingerprint density at radius 3 is 2.02 bits per heavy atom. The molecule has 0 aliphatic rings. The normalized spacial score (nSPS) is 12.0. The van der Waals surface area contributed by atoms with E-state index in [1.807, 2.05) is 75.4 Å². The first kappa shape index (κ1) is 32.8. The Labute approximate surface area is 265 Å². The highest BCUT2D eigenvalue weighted by Crippen LogP contribution is 2.31. The van der Waals surface area contributed by atoms with Crippen LogP contribution >= 0.6 is 11.6 Å². The van der Waals surface area contributed by atoms with Crippen molar-refractivity contribution in [1.82, 2.24) is 10.2 Å². The summed E-state index contributed by atoms with van der Waals surface area (Å²) in [5, 5.41) is 3.34. The molecule has 0 unspecified atom stereocenters. The summed E-state index contributed by atoms with van der Waals surface area (Å²) >= 11 is 6.43. The fourth-order valence-electron chi connectivity index (χ4n) is 4.92. The van der Waals surface area contributed by atoms with Gasteiger partial charge in [-0.2, -0.15) is 0 Å². The molecule has 0 aliphatic carbocycles. The maximum Gasteiger partial charge on any atom is 0.264 e. The summed E-state index contributed by atoms with van der Waals surface area (Å²) < 4.78 is 29.3. The smallest absolute Gasteiger partial charge is 0.264 e. The van der Waals surface area contributed by atoms with Crippen molar-refractivity contribution in [3.05, 3.63) is 130 Å². The second kappa shape index (κ2) is 14.6. The van der Waals surface area contributed by atoms with Crippen molar-refractivity contribution in [1.29, 1.82) is 0 Å². The molecule has 2 amide bonds. The summed E-state index contributed by atoms with van der Waals surface area (Å²) in [6.45, 7) is 6.98. The Hall–Kier alpha value is -4.14. The van der Waals surface area contributed by atoms with E-state index in [4.69, 9.17) is 11.6 Å². The molecule has 4 aromatic carbocycles. The molecule has 0 spiro atoms. The van der Waals surface area contributed by atoms with Crippen LogP contribution < -0.4 is 9.62 Å². The lowest BCUT2D eigenvalue weighted by atomic mass is 10.0. The van der Waals surface area contributed by atoms with E-state index in [-0.39, 0.29) is 35.5 Å². The minimum absolute atomic E-state index is 0.0376. The zero-order valence-electron chi connectivity index (χ0n) is 25.4.